The molecule has 1 aromatic heterocycles. The molecule has 0 aliphatic heterocycles. The zero-order valence-corrected chi connectivity index (χ0v) is 20.4. The SMILES string of the molecule is COc1cc(C(=O)Nc2cc3c(cc2Oc2ccccc2)n(C)c(=O)c(=O)n3C)cc(OC)c1OC. The van der Waals surface area contributed by atoms with Crippen LogP contribution in [-0.4, -0.2) is 36.4 Å². The van der Waals surface area contributed by atoms with Crippen molar-refractivity contribution in [2.24, 2.45) is 14.1 Å². The largest absolute Gasteiger partial charge is 0.493 e. The van der Waals surface area contributed by atoms with Crippen LogP contribution in [0.5, 0.6) is 28.7 Å². The third-order valence-electron chi connectivity index (χ3n) is 5.74. The number of nitrogens with one attached hydrogen (secondary N) is 1. The molecular formula is C26H25N3O7. The van der Waals surface area contributed by atoms with E-state index in [1.807, 2.05) is 18.2 Å². The van der Waals surface area contributed by atoms with E-state index in [2.05, 4.69) is 5.32 Å². The van der Waals surface area contributed by atoms with Gasteiger partial charge in [-0.25, -0.2) is 0 Å². The average Bonchev–Trinajstić information content (AvgIpc) is 2.90. The second-order valence-corrected chi connectivity index (χ2v) is 7.85. The van der Waals surface area contributed by atoms with Gasteiger partial charge in [-0.1, -0.05) is 18.2 Å². The number of ether oxygens (including phenoxy) is 4. The summed E-state index contributed by atoms with van der Waals surface area (Å²) in [4.78, 5) is 38.1. The summed E-state index contributed by atoms with van der Waals surface area (Å²) in [6.07, 6.45) is 0. The third kappa shape index (κ3) is 4.36. The Kier molecular flexibility index (Phi) is 6.69. The fourth-order valence-corrected chi connectivity index (χ4v) is 3.80. The molecule has 0 aliphatic carbocycles. The molecule has 36 heavy (non-hydrogen) atoms. The van der Waals surface area contributed by atoms with E-state index < -0.39 is 17.0 Å². The van der Waals surface area contributed by atoms with Crippen LogP contribution in [0.25, 0.3) is 11.0 Å². The van der Waals surface area contributed by atoms with Crippen LogP contribution in [0, 0.1) is 0 Å². The number of amides is 1. The molecule has 0 spiro atoms. The number of fused-ring (bicyclic) bond motifs is 1. The number of hydrogen-bond acceptors (Lipinski definition) is 7. The van der Waals surface area contributed by atoms with Crippen LogP contribution >= 0.6 is 0 Å². The molecule has 0 atom stereocenters. The molecule has 1 amide bonds. The lowest BCUT2D eigenvalue weighted by Gasteiger charge is -2.17. The molecule has 0 radical (unpaired) electrons. The summed E-state index contributed by atoms with van der Waals surface area (Å²) in [5, 5.41) is 2.84. The van der Waals surface area contributed by atoms with Crippen LogP contribution in [0.4, 0.5) is 5.69 Å². The summed E-state index contributed by atoms with van der Waals surface area (Å²) in [6, 6.07) is 15.2. The Morgan fingerprint density at radius 1 is 0.750 bits per heavy atom. The number of rotatable bonds is 7. The van der Waals surface area contributed by atoms with E-state index in [0.717, 1.165) is 0 Å². The number of carbonyl (C=O) groups excluding carboxylic acids is 1. The highest BCUT2D eigenvalue weighted by Gasteiger charge is 2.20. The van der Waals surface area contributed by atoms with Gasteiger partial charge in [0.15, 0.2) is 17.2 Å². The maximum atomic E-state index is 13.3. The Bertz CT molecular complexity index is 1550. The molecule has 3 aromatic carbocycles. The molecule has 4 aromatic rings. The molecule has 0 fully saturated rings. The van der Waals surface area contributed by atoms with Gasteiger partial charge in [-0.05, 0) is 30.3 Å². The summed E-state index contributed by atoms with van der Waals surface area (Å²) in [6.45, 7) is 0. The fraction of sp³-hybridized carbons (Fsp3) is 0.192. The van der Waals surface area contributed by atoms with Gasteiger partial charge in [0.1, 0.15) is 5.75 Å². The van der Waals surface area contributed by atoms with Crippen LogP contribution in [0.15, 0.2) is 64.2 Å². The van der Waals surface area contributed by atoms with Gasteiger partial charge in [0, 0.05) is 25.7 Å². The van der Waals surface area contributed by atoms with Crippen molar-refractivity contribution < 1.29 is 23.7 Å². The molecule has 0 aliphatic rings. The molecule has 10 nitrogen and oxygen atoms in total. The number of methoxy groups -OCH3 is 3. The first-order valence-electron chi connectivity index (χ1n) is 10.9. The van der Waals surface area contributed by atoms with Crippen molar-refractivity contribution in [1.82, 2.24) is 9.13 Å². The standard InChI is InChI=1S/C26H25N3O7/c1-28-18-13-17(27-24(30)15-11-21(33-3)23(35-5)22(12-15)34-4)20(36-16-9-7-6-8-10-16)14-19(18)29(2)26(32)25(28)31/h6-14H,1-5H3,(H,27,30). The molecule has 1 N–H and O–H groups in total. The van der Waals surface area contributed by atoms with Crippen molar-refractivity contribution in [1.29, 1.82) is 0 Å². The summed E-state index contributed by atoms with van der Waals surface area (Å²) >= 11 is 0. The van der Waals surface area contributed by atoms with Crippen molar-refractivity contribution in [3.63, 3.8) is 0 Å². The van der Waals surface area contributed by atoms with Crippen molar-refractivity contribution in [3.05, 3.63) is 80.9 Å². The lowest BCUT2D eigenvalue weighted by molar-refractivity contribution is 0.102. The van der Waals surface area contributed by atoms with Crippen LogP contribution in [-0.2, 0) is 14.1 Å². The van der Waals surface area contributed by atoms with Crippen molar-refractivity contribution >= 4 is 22.6 Å². The monoisotopic (exact) mass is 491 g/mol. The second kappa shape index (κ2) is 9.87. The number of anilines is 1. The molecule has 1 heterocycles. The van der Waals surface area contributed by atoms with Crippen LogP contribution in [0.2, 0.25) is 0 Å². The second-order valence-electron chi connectivity index (χ2n) is 7.85. The molecule has 186 valence electrons. The van der Waals surface area contributed by atoms with E-state index in [0.29, 0.717) is 39.7 Å². The summed E-state index contributed by atoms with van der Waals surface area (Å²) in [5.74, 6) is 1.31. The predicted octanol–water partition coefficient (Wildman–Crippen LogP) is 3.31. The van der Waals surface area contributed by atoms with Crippen molar-refractivity contribution in [2.45, 2.75) is 0 Å². The van der Waals surface area contributed by atoms with E-state index in [4.69, 9.17) is 18.9 Å². The predicted molar refractivity (Wildman–Crippen MR) is 135 cm³/mol. The molecule has 0 saturated heterocycles. The van der Waals surface area contributed by atoms with Gasteiger partial charge in [-0.2, -0.15) is 0 Å². The lowest BCUT2D eigenvalue weighted by atomic mass is 10.1. The Hall–Kier alpha value is -4.73. The van der Waals surface area contributed by atoms with E-state index in [1.165, 1.54) is 56.7 Å². The third-order valence-corrected chi connectivity index (χ3v) is 5.74. The minimum Gasteiger partial charge on any atom is -0.493 e. The Balaban J connectivity index is 1.86. The number of hydrogen-bond donors (Lipinski definition) is 1. The van der Waals surface area contributed by atoms with Gasteiger partial charge >= 0.3 is 11.1 Å². The van der Waals surface area contributed by atoms with Crippen LogP contribution < -0.4 is 35.4 Å². The number of aromatic nitrogens is 2. The highest BCUT2D eigenvalue weighted by molar-refractivity contribution is 6.06. The first-order valence-corrected chi connectivity index (χ1v) is 10.9. The Morgan fingerprint density at radius 3 is 1.83 bits per heavy atom. The Morgan fingerprint density at radius 2 is 1.31 bits per heavy atom. The number of nitrogens with zero attached hydrogens (tertiary/aromatic N) is 2. The number of para-hydroxylation sites is 1. The summed E-state index contributed by atoms with van der Waals surface area (Å²) in [7, 11) is 7.39. The minimum atomic E-state index is -0.691. The van der Waals surface area contributed by atoms with Gasteiger partial charge in [0.25, 0.3) is 5.91 Å². The number of carbonyl (C=O) groups is 1. The van der Waals surface area contributed by atoms with E-state index in [-0.39, 0.29) is 11.3 Å². The number of benzene rings is 3. The smallest absolute Gasteiger partial charge is 0.316 e. The van der Waals surface area contributed by atoms with Gasteiger partial charge in [-0.15, -0.1) is 0 Å². The van der Waals surface area contributed by atoms with Crippen LogP contribution in [0.1, 0.15) is 10.4 Å². The fourth-order valence-electron chi connectivity index (χ4n) is 3.80. The maximum absolute atomic E-state index is 13.3. The maximum Gasteiger partial charge on any atom is 0.316 e. The quantitative estimate of drug-likeness (QED) is 0.395. The number of aryl methyl sites for hydroxylation is 2. The lowest BCUT2D eigenvalue weighted by Crippen LogP contribution is -2.39. The first-order chi connectivity index (χ1) is 17.3. The zero-order valence-electron chi connectivity index (χ0n) is 20.4. The van der Waals surface area contributed by atoms with Crippen molar-refractivity contribution in [3.8, 4) is 28.7 Å². The van der Waals surface area contributed by atoms with Gasteiger partial charge in [0.2, 0.25) is 5.75 Å². The van der Waals surface area contributed by atoms with Crippen molar-refractivity contribution in [2.75, 3.05) is 26.6 Å². The summed E-state index contributed by atoms with van der Waals surface area (Å²) < 4.78 is 24.6. The highest BCUT2D eigenvalue weighted by Crippen LogP contribution is 2.39. The molecular weight excluding hydrogens is 466 g/mol. The van der Waals surface area contributed by atoms with Gasteiger partial charge in [-0.3, -0.25) is 14.4 Å². The highest BCUT2D eigenvalue weighted by atomic mass is 16.5. The van der Waals surface area contributed by atoms with Gasteiger partial charge in [0.05, 0.1) is 38.1 Å². The first kappa shape index (κ1) is 24.4. The Labute approximate surface area is 206 Å². The molecule has 0 unspecified atom stereocenters. The molecule has 10 heteroatoms. The molecule has 4 rings (SSSR count). The van der Waals surface area contributed by atoms with E-state index in [1.54, 1.807) is 24.3 Å². The summed E-state index contributed by atoms with van der Waals surface area (Å²) in [5.41, 5.74) is 0.0541. The topological polar surface area (TPSA) is 110 Å². The van der Waals surface area contributed by atoms with Crippen LogP contribution in [0.3, 0.4) is 0 Å². The average molecular weight is 492 g/mol. The van der Waals surface area contributed by atoms with Gasteiger partial charge < -0.3 is 33.4 Å². The normalized spacial score (nSPS) is 10.7. The minimum absolute atomic E-state index is 0.240. The van der Waals surface area contributed by atoms with E-state index in [9.17, 15) is 14.4 Å². The molecule has 0 saturated carbocycles. The zero-order chi connectivity index (χ0) is 26.0. The molecule has 0 bridgehead atoms. The van der Waals surface area contributed by atoms with E-state index >= 15 is 0 Å².